The van der Waals surface area contributed by atoms with Gasteiger partial charge >= 0.3 is 5.97 Å². The van der Waals surface area contributed by atoms with E-state index in [1.54, 1.807) is 24.3 Å². The van der Waals surface area contributed by atoms with Crippen LogP contribution in [0.4, 0.5) is 0 Å². The Morgan fingerprint density at radius 2 is 2.36 bits per heavy atom. The van der Waals surface area contributed by atoms with Crippen molar-refractivity contribution in [1.29, 1.82) is 5.26 Å². The number of nitrogens with zero attached hydrogens (tertiary/aromatic N) is 1. The summed E-state index contributed by atoms with van der Waals surface area (Å²) in [5.74, 6) is 0.171. The Hall–Kier alpha value is -1.82. The van der Waals surface area contributed by atoms with Gasteiger partial charge in [-0.1, -0.05) is 13.0 Å². The average molecular weight is 189 g/mol. The monoisotopic (exact) mass is 189 g/mol. The van der Waals surface area contributed by atoms with Gasteiger partial charge in [-0.2, -0.15) is 5.26 Å². The summed E-state index contributed by atoms with van der Waals surface area (Å²) >= 11 is 0. The number of ether oxygens (including phenoxy) is 1. The van der Waals surface area contributed by atoms with Crippen LogP contribution >= 0.6 is 0 Å². The maximum atomic E-state index is 11.1. The van der Waals surface area contributed by atoms with Gasteiger partial charge in [-0.3, -0.25) is 4.79 Å². The highest BCUT2D eigenvalue weighted by atomic mass is 16.5. The van der Waals surface area contributed by atoms with Gasteiger partial charge in [0.2, 0.25) is 0 Å². The van der Waals surface area contributed by atoms with Crippen molar-refractivity contribution in [3.63, 3.8) is 0 Å². The number of nitriles is 1. The van der Waals surface area contributed by atoms with Crippen LogP contribution < -0.4 is 4.74 Å². The smallest absolute Gasteiger partial charge is 0.311 e. The van der Waals surface area contributed by atoms with Gasteiger partial charge in [-0.15, -0.1) is 0 Å². The molecule has 72 valence electrons. The zero-order valence-electron chi connectivity index (χ0n) is 7.99. The third-order valence-electron chi connectivity index (χ3n) is 1.65. The first-order valence-electron chi connectivity index (χ1n) is 4.47. The summed E-state index contributed by atoms with van der Waals surface area (Å²) in [6, 6.07) is 8.54. The van der Waals surface area contributed by atoms with Crippen molar-refractivity contribution < 1.29 is 9.53 Å². The summed E-state index contributed by atoms with van der Waals surface area (Å²) in [5, 5.41) is 8.61. The molecule has 3 nitrogen and oxygen atoms in total. The van der Waals surface area contributed by atoms with E-state index in [0.29, 0.717) is 17.7 Å². The lowest BCUT2D eigenvalue weighted by molar-refractivity contribution is -0.134. The topological polar surface area (TPSA) is 50.1 Å². The van der Waals surface area contributed by atoms with Crippen molar-refractivity contribution in [2.24, 2.45) is 0 Å². The first kappa shape index (κ1) is 10.3. The van der Waals surface area contributed by atoms with E-state index in [4.69, 9.17) is 10.00 Å². The highest BCUT2D eigenvalue weighted by molar-refractivity contribution is 5.72. The molecule has 0 aliphatic heterocycles. The Morgan fingerprint density at radius 1 is 1.57 bits per heavy atom. The first-order chi connectivity index (χ1) is 6.76. The van der Waals surface area contributed by atoms with Gasteiger partial charge in [-0.25, -0.2) is 0 Å². The van der Waals surface area contributed by atoms with Crippen LogP contribution in [0.5, 0.6) is 5.75 Å². The predicted molar refractivity (Wildman–Crippen MR) is 51.7 cm³/mol. The normalized spacial score (nSPS) is 9.14. The molecule has 0 saturated carbocycles. The molecule has 0 radical (unpaired) electrons. The molecule has 0 aliphatic carbocycles. The van der Waals surface area contributed by atoms with Crippen LogP contribution in [0, 0.1) is 11.3 Å². The van der Waals surface area contributed by atoms with E-state index in [0.717, 1.165) is 6.42 Å². The zero-order chi connectivity index (χ0) is 10.4. The number of hydrogen-bond acceptors (Lipinski definition) is 3. The Balaban J connectivity index is 2.68. The SMILES string of the molecule is CCCC(=O)Oc1cccc(C#N)c1. The molecular weight excluding hydrogens is 178 g/mol. The molecule has 0 aliphatic rings. The van der Waals surface area contributed by atoms with Crippen molar-refractivity contribution in [3.05, 3.63) is 29.8 Å². The summed E-state index contributed by atoms with van der Waals surface area (Å²) in [7, 11) is 0. The van der Waals surface area contributed by atoms with Crippen LogP contribution in [0.25, 0.3) is 0 Å². The number of hydrogen-bond donors (Lipinski definition) is 0. The Bertz CT molecular complexity index is 366. The molecule has 1 aromatic carbocycles. The summed E-state index contributed by atoms with van der Waals surface area (Å²) in [4.78, 5) is 11.1. The third-order valence-corrected chi connectivity index (χ3v) is 1.65. The number of carbonyl (C=O) groups is 1. The summed E-state index contributed by atoms with van der Waals surface area (Å²) in [5.41, 5.74) is 0.492. The largest absolute Gasteiger partial charge is 0.426 e. The minimum Gasteiger partial charge on any atom is -0.426 e. The van der Waals surface area contributed by atoms with Gasteiger partial charge in [0.15, 0.2) is 0 Å². The predicted octanol–water partition coefficient (Wildman–Crippen LogP) is 2.26. The van der Waals surface area contributed by atoms with E-state index in [-0.39, 0.29) is 5.97 Å². The van der Waals surface area contributed by atoms with Crippen LogP contribution in [-0.2, 0) is 4.79 Å². The fourth-order valence-corrected chi connectivity index (χ4v) is 1.02. The molecule has 0 fully saturated rings. The minimum atomic E-state index is -0.261. The fraction of sp³-hybridized carbons (Fsp3) is 0.273. The Labute approximate surface area is 82.9 Å². The molecule has 0 spiro atoms. The number of rotatable bonds is 3. The van der Waals surface area contributed by atoms with E-state index in [2.05, 4.69) is 0 Å². The van der Waals surface area contributed by atoms with Gasteiger partial charge < -0.3 is 4.74 Å². The summed E-state index contributed by atoms with van der Waals surface area (Å²) < 4.78 is 5.01. The third kappa shape index (κ3) is 2.91. The second-order valence-electron chi connectivity index (χ2n) is 2.86. The lowest BCUT2D eigenvalue weighted by Gasteiger charge is -2.02. The number of esters is 1. The second-order valence-corrected chi connectivity index (χ2v) is 2.86. The van der Waals surface area contributed by atoms with E-state index in [1.807, 2.05) is 13.0 Å². The first-order valence-corrected chi connectivity index (χ1v) is 4.47. The molecule has 14 heavy (non-hydrogen) atoms. The molecule has 0 heterocycles. The van der Waals surface area contributed by atoms with Crippen LogP contribution in [0.2, 0.25) is 0 Å². The van der Waals surface area contributed by atoms with Gasteiger partial charge in [0, 0.05) is 6.42 Å². The number of carbonyl (C=O) groups excluding carboxylic acids is 1. The molecule has 1 aromatic rings. The summed E-state index contributed by atoms with van der Waals surface area (Å²) in [6.07, 6.45) is 1.16. The molecule has 3 heteroatoms. The van der Waals surface area contributed by atoms with E-state index in [1.165, 1.54) is 0 Å². The van der Waals surface area contributed by atoms with Crippen LogP contribution in [0.3, 0.4) is 0 Å². The van der Waals surface area contributed by atoms with Gasteiger partial charge in [0.25, 0.3) is 0 Å². The van der Waals surface area contributed by atoms with Gasteiger partial charge in [-0.05, 0) is 24.6 Å². The molecular formula is C11H11NO2. The summed E-state index contributed by atoms with van der Waals surface area (Å²) in [6.45, 7) is 1.91. The molecule has 0 saturated heterocycles. The van der Waals surface area contributed by atoms with E-state index >= 15 is 0 Å². The molecule has 0 bridgehead atoms. The molecule has 0 N–H and O–H groups in total. The maximum absolute atomic E-state index is 11.1. The van der Waals surface area contributed by atoms with Crippen molar-refractivity contribution in [2.75, 3.05) is 0 Å². The fourth-order valence-electron chi connectivity index (χ4n) is 1.02. The Kier molecular flexibility index (Phi) is 3.69. The van der Waals surface area contributed by atoms with Gasteiger partial charge in [0.1, 0.15) is 5.75 Å². The molecule has 0 unspecified atom stereocenters. The maximum Gasteiger partial charge on any atom is 0.311 e. The molecule has 0 amide bonds. The van der Waals surface area contributed by atoms with Crippen LogP contribution in [-0.4, -0.2) is 5.97 Å². The van der Waals surface area contributed by atoms with Crippen molar-refractivity contribution >= 4 is 5.97 Å². The van der Waals surface area contributed by atoms with E-state index in [9.17, 15) is 4.79 Å². The van der Waals surface area contributed by atoms with Crippen molar-refractivity contribution in [2.45, 2.75) is 19.8 Å². The lowest BCUT2D eigenvalue weighted by Crippen LogP contribution is -2.06. The highest BCUT2D eigenvalue weighted by Gasteiger charge is 2.03. The molecule has 0 aromatic heterocycles. The van der Waals surface area contributed by atoms with Gasteiger partial charge in [0.05, 0.1) is 11.6 Å². The molecule has 0 atom stereocenters. The minimum absolute atomic E-state index is 0.261. The highest BCUT2D eigenvalue weighted by Crippen LogP contribution is 2.13. The Morgan fingerprint density at radius 3 is 3.00 bits per heavy atom. The second kappa shape index (κ2) is 5.03. The van der Waals surface area contributed by atoms with Crippen LogP contribution in [0.15, 0.2) is 24.3 Å². The quantitative estimate of drug-likeness (QED) is 0.541. The van der Waals surface area contributed by atoms with Crippen molar-refractivity contribution in [3.8, 4) is 11.8 Å². The lowest BCUT2D eigenvalue weighted by atomic mass is 10.2. The van der Waals surface area contributed by atoms with Crippen molar-refractivity contribution in [1.82, 2.24) is 0 Å². The van der Waals surface area contributed by atoms with Crippen LogP contribution in [0.1, 0.15) is 25.3 Å². The molecule has 1 rings (SSSR count). The van der Waals surface area contributed by atoms with E-state index < -0.39 is 0 Å². The number of benzene rings is 1. The average Bonchev–Trinajstić information content (AvgIpc) is 2.18. The standard InChI is InChI=1S/C11H11NO2/c1-2-4-11(13)14-10-6-3-5-9(7-10)8-12/h3,5-7H,2,4H2,1H3. The zero-order valence-corrected chi connectivity index (χ0v) is 7.99.